The molecular formula is C21H27N3O4S. The van der Waals surface area contributed by atoms with Gasteiger partial charge in [0.15, 0.2) is 5.16 Å². The first-order valence-electron chi connectivity index (χ1n) is 9.90. The van der Waals surface area contributed by atoms with Crippen LogP contribution in [-0.4, -0.2) is 51.8 Å². The number of carbonyl (C=O) groups is 2. The van der Waals surface area contributed by atoms with E-state index in [1.54, 1.807) is 22.8 Å². The molecule has 8 heteroatoms. The average Bonchev–Trinajstić information content (AvgIpc) is 3.23. The van der Waals surface area contributed by atoms with Crippen LogP contribution in [0.2, 0.25) is 0 Å². The third-order valence-electron chi connectivity index (χ3n) is 4.94. The fourth-order valence-corrected chi connectivity index (χ4v) is 4.47. The average molecular weight is 418 g/mol. The summed E-state index contributed by atoms with van der Waals surface area (Å²) < 4.78 is 6.41. The number of nitrogens with zero attached hydrogens (tertiary/aromatic N) is 3. The molecule has 2 aromatic rings. The van der Waals surface area contributed by atoms with Crippen LogP contribution in [0.3, 0.4) is 0 Å². The van der Waals surface area contributed by atoms with Gasteiger partial charge in [0, 0.05) is 19.6 Å². The quantitative estimate of drug-likeness (QED) is 0.408. The number of esters is 1. The van der Waals surface area contributed by atoms with Gasteiger partial charge in [0.1, 0.15) is 0 Å². The summed E-state index contributed by atoms with van der Waals surface area (Å²) >= 11 is 1.30. The Labute approximate surface area is 174 Å². The van der Waals surface area contributed by atoms with Gasteiger partial charge >= 0.3 is 5.97 Å². The lowest BCUT2D eigenvalue weighted by Crippen LogP contribution is -2.35. The zero-order valence-electron chi connectivity index (χ0n) is 17.3. The summed E-state index contributed by atoms with van der Waals surface area (Å²) in [6.45, 7) is 8.00. The molecule has 0 unspecified atom stereocenters. The Kier molecular flexibility index (Phi) is 6.62. The molecule has 1 fully saturated rings. The second-order valence-corrected chi connectivity index (χ2v) is 9.03. The number of methoxy groups -OCH3 is 1. The maximum absolute atomic E-state index is 13.1. The Morgan fingerprint density at radius 1 is 1.21 bits per heavy atom. The van der Waals surface area contributed by atoms with E-state index in [0.717, 1.165) is 25.9 Å². The van der Waals surface area contributed by atoms with Gasteiger partial charge in [-0.1, -0.05) is 25.6 Å². The van der Waals surface area contributed by atoms with E-state index < -0.39 is 5.97 Å². The van der Waals surface area contributed by atoms with Gasteiger partial charge in [-0.3, -0.25) is 14.2 Å². The molecule has 3 rings (SSSR count). The van der Waals surface area contributed by atoms with Crippen molar-refractivity contribution >= 4 is 34.5 Å². The van der Waals surface area contributed by atoms with Crippen LogP contribution < -0.4 is 5.56 Å². The molecule has 1 amide bonds. The van der Waals surface area contributed by atoms with Gasteiger partial charge in [-0.2, -0.15) is 0 Å². The summed E-state index contributed by atoms with van der Waals surface area (Å²) in [5.41, 5.74) is 0.607. The van der Waals surface area contributed by atoms with E-state index in [0.29, 0.717) is 28.2 Å². The molecule has 1 aromatic heterocycles. The predicted octanol–water partition coefficient (Wildman–Crippen LogP) is 2.94. The van der Waals surface area contributed by atoms with Gasteiger partial charge in [-0.05, 0) is 43.9 Å². The summed E-state index contributed by atoms with van der Waals surface area (Å²) in [4.78, 5) is 44.3. The summed E-state index contributed by atoms with van der Waals surface area (Å²) in [5, 5.41) is 0.596. The van der Waals surface area contributed by atoms with E-state index in [1.807, 2.05) is 25.7 Å². The molecule has 0 aliphatic carbocycles. The number of fused-ring (bicyclic) bond motifs is 1. The molecule has 1 atom stereocenters. The Morgan fingerprint density at radius 2 is 1.90 bits per heavy atom. The Morgan fingerprint density at radius 3 is 2.52 bits per heavy atom. The molecule has 1 aromatic carbocycles. The minimum atomic E-state index is -0.480. The van der Waals surface area contributed by atoms with Gasteiger partial charge in [-0.25, -0.2) is 9.78 Å². The molecule has 0 saturated carbocycles. The smallest absolute Gasteiger partial charge is 0.337 e. The largest absolute Gasteiger partial charge is 0.465 e. The van der Waals surface area contributed by atoms with Gasteiger partial charge in [0.05, 0.1) is 28.8 Å². The number of hydrogen-bond acceptors (Lipinski definition) is 6. The van der Waals surface area contributed by atoms with E-state index in [1.165, 1.54) is 18.9 Å². The SMILES string of the molecule is COC(=O)c1ccc2c(=O)n(CC(C)C)c(S[C@H](C)C(=O)N3CCCC3)nc2c1. The van der Waals surface area contributed by atoms with Crippen molar-refractivity contribution < 1.29 is 14.3 Å². The zero-order chi connectivity index (χ0) is 21.1. The summed E-state index contributed by atoms with van der Waals surface area (Å²) in [6, 6.07) is 4.75. The van der Waals surface area contributed by atoms with Gasteiger partial charge in [-0.15, -0.1) is 0 Å². The third kappa shape index (κ3) is 4.63. The van der Waals surface area contributed by atoms with Crippen LogP contribution >= 0.6 is 11.8 Å². The minimum Gasteiger partial charge on any atom is -0.465 e. The van der Waals surface area contributed by atoms with Crippen molar-refractivity contribution in [1.29, 1.82) is 0 Å². The second kappa shape index (κ2) is 8.98. The number of rotatable bonds is 6. The molecule has 1 aliphatic heterocycles. The van der Waals surface area contributed by atoms with E-state index in [2.05, 4.69) is 4.98 Å². The number of aromatic nitrogens is 2. The van der Waals surface area contributed by atoms with Gasteiger partial charge < -0.3 is 9.64 Å². The molecule has 0 spiro atoms. The number of amides is 1. The summed E-state index contributed by atoms with van der Waals surface area (Å²) in [5.74, 6) is -0.168. The minimum absolute atomic E-state index is 0.0706. The van der Waals surface area contributed by atoms with Crippen LogP contribution in [0.1, 0.15) is 44.0 Å². The normalized spacial score (nSPS) is 15.1. The maximum atomic E-state index is 13.1. The van der Waals surface area contributed by atoms with E-state index >= 15 is 0 Å². The Hall–Kier alpha value is -2.35. The predicted molar refractivity (Wildman–Crippen MR) is 113 cm³/mol. The first-order chi connectivity index (χ1) is 13.8. The Balaban J connectivity index is 2.03. The lowest BCUT2D eigenvalue weighted by atomic mass is 10.1. The number of hydrogen-bond donors (Lipinski definition) is 0. The maximum Gasteiger partial charge on any atom is 0.337 e. The topological polar surface area (TPSA) is 81.5 Å². The number of likely N-dealkylation sites (tertiary alicyclic amines) is 1. The highest BCUT2D eigenvalue weighted by Crippen LogP contribution is 2.26. The third-order valence-corrected chi connectivity index (χ3v) is 6.01. The summed E-state index contributed by atoms with van der Waals surface area (Å²) in [6.07, 6.45) is 2.07. The number of carbonyl (C=O) groups excluding carboxylic acids is 2. The molecule has 0 radical (unpaired) electrons. The van der Waals surface area contributed by atoms with Crippen molar-refractivity contribution in [1.82, 2.24) is 14.5 Å². The fraction of sp³-hybridized carbons (Fsp3) is 0.524. The van der Waals surface area contributed by atoms with Crippen LogP contribution in [0, 0.1) is 5.92 Å². The van der Waals surface area contributed by atoms with Crippen molar-refractivity contribution in [3.63, 3.8) is 0 Å². The van der Waals surface area contributed by atoms with Crippen molar-refractivity contribution in [2.75, 3.05) is 20.2 Å². The van der Waals surface area contributed by atoms with Crippen LogP contribution in [0.15, 0.2) is 28.2 Å². The number of thioether (sulfide) groups is 1. The van der Waals surface area contributed by atoms with Crippen LogP contribution in [-0.2, 0) is 16.1 Å². The van der Waals surface area contributed by atoms with Crippen molar-refractivity contribution in [2.45, 2.75) is 50.6 Å². The van der Waals surface area contributed by atoms with Crippen LogP contribution in [0.4, 0.5) is 0 Å². The van der Waals surface area contributed by atoms with Crippen molar-refractivity contribution in [2.24, 2.45) is 5.92 Å². The molecule has 1 saturated heterocycles. The first kappa shape index (κ1) is 21.4. The van der Waals surface area contributed by atoms with Crippen molar-refractivity contribution in [3.05, 3.63) is 34.1 Å². The van der Waals surface area contributed by atoms with Gasteiger partial charge in [0.2, 0.25) is 5.91 Å². The van der Waals surface area contributed by atoms with E-state index in [-0.39, 0.29) is 22.6 Å². The Bertz CT molecular complexity index is 980. The highest BCUT2D eigenvalue weighted by atomic mass is 32.2. The molecule has 0 N–H and O–H groups in total. The van der Waals surface area contributed by atoms with Gasteiger partial charge in [0.25, 0.3) is 5.56 Å². The zero-order valence-corrected chi connectivity index (χ0v) is 18.1. The molecule has 29 heavy (non-hydrogen) atoms. The lowest BCUT2D eigenvalue weighted by Gasteiger charge is -2.21. The molecule has 0 bridgehead atoms. The lowest BCUT2D eigenvalue weighted by molar-refractivity contribution is -0.129. The second-order valence-electron chi connectivity index (χ2n) is 7.72. The van der Waals surface area contributed by atoms with Crippen LogP contribution in [0.25, 0.3) is 10.9 Å². The standard InChI is InChI=1S/C21H27N3O4S/c1-13(2)12-24-19(26)16-8-7-15(20(27)28-4)11-17(16)22-21(24)29-14(3)18(25)23-9-5-6-10-23/h7-8,11,13-14H,5-6,9-10,12H2,1-4H3/t14-/m1/s1. The monoisotopic (exact) mass is 417 g/mol. The number of benzene rings is 1. The highest BCUT2D eigenvalue weighted by Gasteiger charge is 2.26. The first-order valence-corrected chi connectivity index (χ1v) is 10.8. The number of ether oxygens (including phenoxy) is 1. The van der Waals surface area contributed by atoms with E-state index in [4.69, 9.17) is 4.74 Å². The molecule has 2 heterocycles. The van der Waals surface area contributed by atoms with Crippen molar-refractivity contribution in [3.8, 4) is 0 Å². The highest BCUT2D eigenvalue weighted by molar-refractivity contribution is 8.00. The van der Waals surface area contributed by atoms with E-state index in [9.17, 15) is 14.4 Å². The molecule has 1 aliphatic rings. The molecule has 7 nitrogen and oxygen atoms in total. The van der Waals surface area contributed by atoms with Crippen LogP contribution in [0.5, 0.6) is 0 Å². The summed E-state index contributed by atoms with van der Waals surface area (Å²) in [7, 11) is 1.31. The molecular weight excluding hydrogens is 390 g/mol. The fourth-order valence-electron chi connectivity index (χ4n) is 3.46. The molecule has 156 valence electrons.